The van der Waals surface area contributed by atoms with E-state index in [9.17, 15) is 9.59 Å². The Bertz CT molecular complexity index is 859. The predicted octanol–water partition coefficient (Wildman–Crippen LogP) is 4.44. The summed E-state index contributed by atoms with van der Waals surface area (Å²) in [5.41, 5.74) is 0.410. The van der Waals surface area contributed by atoms with Crippen LogP contribution in [-0.2, 0) is 9.59 Å². The number of carbonyl (C=O) groups is 2. The molecule has 8 heteroatoms. The number of nitrogens with one attached hydrogen (secondary N) is 1. The van der Waals surface area contributed by atoms with Crippen molar-refractivity contribution in [1.82, 2.24) is 0 Å². The van der Waals surface area contributed by atoms with Crippen LogP contribution in [0.4, 0.5) is 5.69 Å². The highest BCUT2D eigenvalue weighted by atomic mass is 35.5. The normalized spacial score (nSPS) is 16.3. The fourth-order valence-corrected chi connectivity index (χ4v) is 3.60. The van der Waals surface area contributed by atoms with E-state index in [0.29, 0.717) is 21.5 Å². The third-order valence-electron chi connectivity index (χ3n) is 3.49. The van der Waals surface area contributed by atoms with Crippen molar-refractivity contribution in [2.75, 3.05) is 11.9 Å². The molecule has 0 saturated heterocycles. The minimum atomic E-state index is -0.567. The number of benzene rings is 2. The third kappa shape index (κ3) is 4.78. The van der Waals surface area contributed by atoms with Crippen LogP contribution in [0.1, 0.15) is 6.42 Å². The number of thioether (sulfide) groups is 1. The van der Waals surface area contributed by atoms with Crippen molar-refractivity contribution < 1.29 is 14.3 Å². The van der Waals surface area contributed by atoms with Gasteiger partial charge in [-0.2, -0.15) is 0 Å². The standard InChI is InChI=1S/C18H14Cl2N2O3S/c19-12-7-4-8-13(17(12)20)21-15(23)9-14-18(24)22-16(26-14)10-25-11-5-2-1-3-6-11/h1-8,14H,9-10H2,(H,21,23)/t14-/m1/s1. The number of anilines is 1. The van der Waals surface area contributed by atoms with Crippen molar-refractivity contribution in [3.63, 3.8) is 0 Å². The molecule has 2 aromatic rings. The van der Waals surface area contributed by atoms with E-state index in [-0.39, 0.29) is 29.9 Å². The van der Waals surface area contributed by atoms with Crippen molar-refractivity contribution in [2.45, 2.75) is 11.7 Å². The van der Waals surface area contributed by atoms with Crippen LogP contribution in [0.2, 0.25) is 10.0 Å². The number of para-hydroxylation sites is 1. The van der Waals surface area contributed by atoms with E-state index >= 15 is 0 Å². The van der Waals surface area contributed by atoms with E-state index < -0.39 is 5.25 Å². The molecule has 5 nitrogen and oxygen atoms in total. The molecule has 2 aromatic carbocycles. The fourth-order valence-electron chi connectivity index (χ4n) is 2.26. The smallest absolute Gasteiger partial charge is 0.260 e. The van der Waals surface area contributed by atoms with Gasteiger partial charge in [-0.05, 0) is 24.3 Å². The lowest BCUT2D eigenvalue weighted by Gasteiger charge is -2.10. The van der Waals surface area contributed by atoms with Crippen LogP contribution in [0.25, 0.3) is 0 Å². The fraction of sp³-hybridized carbons (Fsp3) is 0.167. The van der Waals surface area contributed by atoms with Crippen LogP contribution in [0.3, 0.4) is 0 Å². The summed E-state index contributed by atoms with van der Waals surface area (Å²) in [5.74, 6) is 0.0227. The largest absolute Gasteiger partial charge is 0.487 e. The first-order chi connectivity index (χ1) is 12.5. The molecule has 0 fully saturated rings. The van der Waals surface area contributed by atoms with Crippen LogP contribution < -0.4 is 10.1 Å². The van der Waals surface area contributed by atoms with Gasteiger partial charge in [0.1, 0.15) is 22.7 Å². The van der Waals surface area contributed by atoms with E-state index in [2.05, 4.69) is 10.3 Å². The summed E-state index contributed by atoms with van der Waals surface area (Å²) in [7, 11) is 0. The molecule has 26 heavy (non-hydrogen) atoms. The topological polar surface area (TPSA) is 67.8 Å². The monoisotopic (exact) mass is 408 g/mol. The first-order valence-corrected chi connectivity index (χ1v) is 9.36. The second-order valence-corrected chi connectivity index (χ2v) is 7.47. The van der Waals surface area contributed by atoms with Gasteiger partial charge in [0.05, 0.1) is 15.7 Å². The van der Waals surface area contributed by atoms with Crippen LogP contribution in [0.15, 0.2) is 53.5 Å². The molecule has 3 rings (SSSR count). The zero-order valence-electron chi connectivity index (χ0n) is 13.4. The van der Waals surface area contributed by atoms with Crippen LogP contribution in [0, 0.1) is 0 Å². The van der Waals surface area contributed by atoms with Crippen molar-refractivity contribution in [3.8, 4) is 5.75 Å². The average molecular weight is 409 g/mol. The van der Waals surface area contributed by atoms with E-state index in [1.807, 2.05) is 30.3 Å². The highest BCUT2D eigenvalue weighted by molar-refractivity contribution is 8.15. The second kappa shape index (κ2) is 8.58. The van der Waals surface area contributed by atoms with Crippen molar-refractivity contribution in [1.29, 1.82) is 0 Å². The predicted molar refractivity (Wildman–Crippen MR) is 105 cm³/mol. The number of nitrogens with zero attached hydrogens (tertiary/aromatic N) is 1. The Kier molecular flexibility index (Phi) is 6.19. The number of amides is 2. The lowest BCUT2D eigenvalue weighted by Crippen LogP contribution is -2.21. The molecule has 0 aliphatic carbocycles. The summed E-state index contributed by atoms with van der Waals surface area (Å²) in [5, 5.41) is 3.27. The summed E-state index contributed by atoms with van der Waals surface area (Å²) >= 11 is 13.2. The molecular formula is C18H14Cl2N2O3S. The highest BCUT2D eigenvalue weighted by Gasteiger charge is 2.30. The van der Waals surface area contributed by atoms with Gasteiger partial charge in [-0.1, -0.05) is 59.2 Å². The maximum Gasteiger partial charge on any atom is 0.260 e. The Morgan fingerprint density at radius 3 is 2.69 bits per heavy atom. The summed E-state index contributed by atoms with van der Waals surface area (Å²) in [6.07, 6.45) is -0.00925. The second-order valence-electron chi connectivity index (χ2n) is 5.41. The molecule has 0 bridgehead atoms. The number of carbonyl (C=O) groups excluding carboxylic acids is 2. The Balaban J connectivity index is 1.52. The molecule has 1 atom stereocenters. The third-order valence-corrected chi connectivity index (χ3v) is 5.44. The van der Waals surface area contributed by atoms with Gasteiger partial charge in [0.2, 0.25) is 5.91 Å². The molecular weight excluding hydrogens is 395 g/mol. The Morgan fingerprint density at radius 2 is 1.92 bits per heavy atom. The summed E-state index contributed by atoms with van der Waals surface area (Å²) in [6.45, 7) is 0.193. The number of ether oxygens (including phenoxy) is 1. The van der Waals surface area contributed by atoms with Crippen LogP contribution >= 0.6 is 35.0 Å². The first kappa shape index (κ1) is 18.8. The van der Waals surface area contributed by atoms with Gasteiger partial charge in [-0.25, -0.2) is 4.99 Å². The van der Waals surface area contributed by atoms with Gasteiger partial charge in [0, 0.05) is 6.42 Å². The molecule has 0 unspecified atom stereocenters. The van der Waals surface area contributed by atoms with Crippen LogP contribution in [-0.4, -0.2) is 28.7 Å². The van der Waals surface area contributed by atoms with E-state index in [0.717, 1.165) is 0 Å². The maximum absolute atomic E-state index is 12.2. The zero-order chi connectivity index (χ0) is 18.5. The highest BCUT2D eigenvalue weighted by Crippen LogP contribution is 2.31. The zero-order valence-corrected chi connectivity index (χ0v) is 15.8. The Morgan fingerprint density at radius 1 is 1.15 bits per heavy atom. The quantitative estimate of drug-likeness (QED) is 0.766. The van der Waals surface area contributed by atoms with E-state index in [4.69, 9.17) is 27.9 Å². The summed E-state index contributed by atoms with van der Waals surface area (Å²) in [6, 6.07) is 14.2. The van der Waals surface area contributed by atoms with Crippen molar-refractivity contribution >= 4 is 57.5 Å². The van der Waals surface area contributed by atoms with Gasteiger partial charge < -0.3 is 10.1 Å². The number of hydrogen-bond acceptors (Lipinski definition) is 4. The average Bonchev–Trinajstić information content (AvgIpc) is 2.97. The lowest BCUT2D eigenvalue weighted by molar-refractivity contribution is -0.121. The number of hydrogen-bond donors (Lipinski definition) is 1. The number of aliphatic imine (C=N–C) groups is 1. The van der Waals surface area contributed by atoms with E-state index in [1.54, 1.807) is 18.2 Å². The van der Waals surface area contributed by atoms with Crippen molar-refractivity contribution in [2.24, 2.45) is 4.99 Å². The molecule has 2 amide bonds. The number of rotatable bonds is 6. The Hall–Kier alpha value is -2.02. The molecule has 0 spiro atoms. The first-order valence-electron chi connectivity index (χ1n) is 7.72. The maximum atomic E-state index is 12.2. The lowest BCUT2D eigenvalue weighted by atomic mass is 10.2. The molecule has 134 valence electrons. The number of halogens is 2. The molecule has 0 radical (unpaired) electrons. The van der Waals surface area contributed by atoms with Crippen LogP contribution in [0.5, 0.6) is 5.75 Å². The van der Waals surface area contributed by atoms with Gasteiger partial charge >= 0.3 is 0 Å². The molecule has 1 aliphatic heterocycles. The van der Waals surface area contributed by atoms with E-state index in [1.165, 1.54) is 11.8 Å². The van der Waals surface area contributed by atoms with Gasteiger partial charge in [-0.3, -0.25) is 9.59 Å². The molecule has 1 N–H and O–H groups in total. The molecule has 1 heterocycles. The van der Waals surface area contributed by atoms with Crippen molar-refractivity contribution in [3.05, 3.63) is 58.6 Å². The SMILES string of the molecule is O=C(C[C@H]1SC(COc2ccccc2)=NC1=O)Nc1cccc(Cl)c1Cl. The minimum Gasteiger partial charge on any atom is -0.487 e. The minimum absolute atomic E-state index is 0.00925. The molecule has 0 aromatic heterocycles. The van der Waals surface area contributed by atoms with Gasteiger partial charge in [0.25, 0.3) is 5.91 Å². The Labute approximate surface area is 164 Å². The summed E-state index contributed by atoms with van der Waals surface area (Å²) < 4.78 is 5.58. The molecule has 1 aliphatic rings. The summed E-state index contributed by atoms with van der Waals surface area (Å²) in [4.78, 5) is 28.2. The van der Waals surface area contributed by atoms with Gasteiger partial charge in [-0.15, -0.1) is 0 Å². The molecule has 0 saturated carbocycles. The van der Waals surface area contributed by atoms with Gasteiger partial charge in [0.15, 0.2) is 0 Å².